The molecule has 1 aromatic rings. The number of hydrogen-bond acceptors (Lipinski definition) is 3. The third kappa shape index (κ3) is 4.94. The molecule has 0 aliphatic carbocycles. The van der Waals surface area contributed by atoms with Crippen LogP contribution in [0.5, 0.6) is 0 Å². The molecule has 3 nitrogen and oxygen atoms in total. The molecule has 0 spiro atoms. The lowest BCUT2D eigenvalue weighted by Crippen LogP contribution is -2.05. The quantitative estimate of drug-likeness (QED) is 0.757. The van der Waals surface area contributed by atoms with Crippen molar-refractivity contribution in [1.82, 2.24) is 4.98 Å². The Morgan fingerprint density at radius 2 is 2.06 bits per heavy atom. The predicted molar refractivity (Wildman–Crippen MR) is 72.7 cm³/mol. The Labute approximate surface area is 106 Å². The average molecular weight is 286 g/mol. The summed E-state index contributed by atoms with van der Waals surface area (Å²) in [6, 6.07) is 2.07. The van der Waals surface area contributed by atoms with E-state index in [9.17, 15) is 0 Å². The largest absolute Gasteiger partial charge is 0.370 e. The lowest BCUT2D eigenvalue weighted by Gasteiger charge is -2.08. The van der Waals surface area contributed by atoms with Crippen molar-refractivity contribution in [2.45, 2.75) is 32.6 Å². The fourth-order valence-corrected chi connectivity index (χ4v) is 2.00. The van der Waals surface area contributed by atoms with Gasteiger partial charge >= 0.3 is 0 Å². The van der Waals surface area contributed by atoms with Gasteiger partial charge in [-0.05, 0) is 53.9 Å². The van der Waals surface area contributed by atoms with Crippen molar-refractivity contribution < 1.29 is 0 Å². The minimum atomic E-state index is 0.806. The molecule has 0 radical (unpaired) electrons. The lowest BCUT2D eigenvalue weighted by molar-refractivity contribution is 0.661. The van der Waals surface area contributed by atoms with Crippen LogP contribution in [0.1, 0.15) is 31.2 Å². The summed E-state index contributed by atoms with van der Waals surface area (Å²) < 4.78 is 1.03. The zero-order valence-electron chi connectivity index (χ0n) is 9.80. The molecule has 0 amide bonds. The van der Waals surface area contributed by atoms with Crippen LogP contribution >= 0.6 is 15.9 Å². The molecular formula is C12H20BrN3. The smallest absolute Gasteiger partial charge is 0.128 e. The van der Waals surface area contributed by atoms with E-state index < -0.39 is 0 Å². The first-order chi connectivity index (χ1) is 7.74. The summed E-state index contributed by atoms with van der Waals surface area (Å²) in [6.45, 7) is 3.86. The Bertz CT molecular complexity index is 315. The van der Waals surface area contributed by atoms with Crippen LogP contribution in [0.4, 0.5) is 5.82 Å². The number of nitrogens with zero attached hydrogens (tertiary/aromatic N) is 1. The van der Waals surface area contributed by atoms with Crippen molar-refractivity contribution in [3.05, 3.63) is 22.3 Å². The number of nitrogens with two attached hydrogens (primary N) is 1. The maximum atomic E-state index is 5.44. The van der Waals surface area contributed by atoms with E-state index in [1.54, 1.807) is 0 Å². The molecule has 16 heavy (non-hydrogen) atoms. The molecular weight excluding hydrogens is 266 g/mol. The number of rotatable bonds is 7. The molecule has 0 saturated carbocycles. The second-order valence-corrected chi connectivity index (χ2v) is 4.86. The molecule has 0 aromatic carbocycles. The maximum Gasteiger partial charge on any atom is 0.128 e. The summed E-state index contributed by atoms with van der Waals surface area (Å²) in [7, 11) is 0. The molecule has 1 heterocycles. The molecule has 0 bridgehead atoms. The van der Waals surface area contributed by atoms with Crippen LogP contribution < -0.4 is 11.1 Å². The molecule has 0 unspecified atom stereocenters. The normalized spacial score (nSPS) is 10.4. The average Bonchev–Trinajstić information content (AvgIpc) is 2.26. The van der Waals surface area contributed by atoms with E-state index in [2.05, 4.69) is 39.2 Å². The summed E-state index contributed by atoms with van der Waals surface area (Å²) in [5.41, 5.74) is 6.62. The molecule has 3 N–H and O–H groups in total. The molecule has 0 saturated heterocycles. The van der Waals surface area contributed by atoms with Crippen LogP contribution in [-0.2, 0) is 0 Å². The fourth-order valence-electron chi connectivity index (χ4n) is 1.56. The standard InChI is InChI=1S/C12H20BrN3/c1-10-8-11(13)9-16-12(10)15-7-5-3-2-4-6-14/h8-9H,2-7,14H2,1H3,(H,15,16). The molecule has 0 aliphatic heterocycles. The topological polar surface area (TPSA) is 50.9 Å². The van der Waals surface area contributed by atoms with Crippen molar-refractivity contribution in [1.29, 1.82) is 0 Å². The Morgan fingerprint density at radius 3 is 2.75 bits per heavy atom. The van der Waals surface area contributed by atoms with E-state index in [0.717, 1.165) is 29.8 Å². The van der Waals surface area contributed by atoms with E-state index in [-0.39, 0.29) is 0 Å². The predicted octanol–water partition coefficient (Wildman–Crippen LogP) is 3.08. The van der Waals surface area contributed by atoms with E-state index in [1.807, 2.05) is 6.20 Å². The van der Waals surface area contributed by atoms with Gasteiger partial charge in [0.1, 0.15) is 5.82 Å². The van der Waals surface area contributed by atoms with E-state index in [4.69, 9.17) is 5.73 Å². The van der Waals surface area contributed by atoms with Gasteiger partial charge in [-0.2, -0.15) is 0 Å². The zero-order valence-corrected chi connectivity index (χ0v) is 11.4. The first-order valence-electron chi connectivity index (χ1n) is 5.80. The van der Waals surface area contributed by atoms with Crippen LogP contribution in [0, 0.1) is 6.92 Å². The summed E-state index contributed by atoms with van der Waals surface area (Å²) in [6.07, 6.45) is 6.60. The summed E-state index contributed by atoms with van der Waals surface area (Å²) >= 11 is 3.40. The van der Waals surface area contributed by atoms with Crippen LogP contribution in [0.3, 0.4) is 0 Å². The molecule has 0 aliphatic rings. The molecule has 1 rings (SSSR count). The van der Waals surface area contributed by atoms with Gasteiger partial charge in [-0.15, -0.1) is 0 Å². The summed E-state index contributed by atoms with van der Waals surface area (Å²) in [5.74, 6) is 0.988. The first-order valence-corrected chi connectivity index (χ1v) is 6.59. The van der Waals surface area contributed by atoms with Gasteiger partial charge in [0, 0.05) is 17.2 Å². The Hall–Kier alpha value is -0.610. The Kier molecular flexibility index (Phi) is 6.42. The number of unbranched alkanes of at least 4 members (excludes halogenated alkanes) is 3. The van der Waals surface area contributed by atoms with E-state index in [0.29, 0.717) is 0 Å². The van der Waals surface area contributed by atoms with Crippen molar-refractivity contribution in [3.8, 4) is 0 Å². The SMILES string of the molecule is Cc1cc(Br)cnc1NCCCCCCN. The molecule has 0 atom stereocenters. The summed E-state index contributed by atoms with van der Waals surface area (Å²) in [5, 5.41) is 3.35. The second kappa shape index (κ2) is 7.63. The number of aryl methyl sites for hydroxylation is 1. The van der Waals surface area contributed by atoms with Gasteiger partial charge in [0.15, 0.2) is 0 Å². The highest BCUT2D eigenvalue weighted by atomic mass is 79.9. The molecule has 90 valence electrons. The van der Waals surface area contributed by atoms with E-state index in [1.165, 1.54) is 24.8 Å². The van der Waals surface area contributed by atoms with Gasteiger partial charge in [0.05, 0.1) is 0 Å². The number of pyridine rings is 1. The van der Waals surface area contributed by atoms with Crippen molar-refractivity contribution in [2.75, 3.05) is 18.4 Å². The molecule has 1 aromatic heterocycles. The van der Waals surface area contributed by atoms with Crippen LogP contribution in [-0.4, -0.2) is 18.1 Å². The minimum Gasteiger partial charge on any atom is -0.370 e. The van der Waals surface area contributed by atoms with Gasteiger partial charge < -0.3 is 11.1 Å². The van der Waals surface area contributed by atoms with Gasteiger partial charge in [0.2, 0.25) is 0 Å². The number of anilines is 1. The highest BCUT2D eigenvalue weighted by Gasteiger charge is 1.99. The van der Waals surface area contributed by atoms with Crippen LogP contribution in [0.25, 0.3) is 0 Å². The Balaban J connectivity index is 2.21. The van der Waals surface area contributed by atoms with Crippen molar-refractivity contribution in [2.24, 2.45) is 5.73 Å². The second-order valence-electron chi connectivity index (χ2n) is 3.95. The van der Waals surface area contributed by atoms with Crippen LogP contribution in [0.15, 0.2) is 16.7 Å². The van der Waals surface area contributed by atoms with Gasteiger partial charge in [0.25, 0.3) is 0 Å². The van der Waals surface area contributed by atoms with Crippen molar-refractivity contribution >= 4 is 21.7 Å². The zero-order chi connectivity index (χ0) is 11.8. The highest BCUT2D eigenvalue weighted by Crippen LogP contribution is 2.16. The number of hydrogen-bond donors (Lipinski definition) is 2. The monoisotopic (exact) mass is 285 g/mol. The van der Waals surface area contributed by atoms with E-state index >= 15 is 0 Å². The molecule has 0 fully saturated rings. The van der Waals surface area contributed by atoms with Gasteiger partial charge in [-0.1, -0.05) is 12.8 Å². The number of aromatic nitrogens is 1. The summed E-state index contributed by atoms with van der Waals surface area (Å²) in [4.78, 5) is 4.33. The minimum absolute atomic E-state index is 0.806. The number of nitrogens with one attached hydrogen (secondary N) is 1. The molecule has 4 heteroatoms. The highest BCUT2D eigenvalue weighted by molar-refractivity contribution is 9.10. The third-order valence-corrected chi connectivity index (χ3v) is 2.90. The van der Waals surface area contributed by atoms with Crippen LogP contribution in [0.2, 0.25) is 0 Å². The maximum absolute atomic E-state index is 5.44. The lowest BCUT2D eigenvalue weighted by atomic mass is 10.2. The van der Waals surface area contributed by atoms with Crippen molar-refractivity contribution in [3.63, 3.8) is 0 Å². The van der Waals surface area contributed by atoms with Gasteiger partial charge in [-0.25, -0.2) is 4.98 Å². The van der Waals surface area contributed by atoms with Gasteiger partial charge in [-0.3, -0.25) is 0 Å². The third-order valence-electron chi connectivity index (χ3n) is 2.47. The fraction of sp³-hybridized carbons (Fsp3) is 0.583. The number of halogens is 1. The first kappa shape index (κ1) is 13.5. The Morgan fingerprint density at radius 1 is 1.31 bits per heavy atom.